The summed E-state index contributed by atoms with van der Waals surface area (Å²) in [7, 11) is 0. The number of hydrogen-bond donors (Lipinski definition) is 0. The predicted molar refractivity (Wildman–Crippen MR) is 112 cm³/mol. The lowest BCUT2D eigenvalue weighted by Crippen LogP contribution is -2.46. The van der Waals surface area contributed by atoms with Crippen LogP contribution in [0.2, 0.25) is 0 Å². The van der Waals surface area contributed by atoms with Crippen LogP contribution in [0.15, 0.2) is 53.4 Å². The van der Waals surface area contributed by atoms with Gasteiger partial charge in [0.2, 0.25) is 0 Å². The number of aromatic nitrogens is 2. The third-order valence-electron chi connectivity index (χ3n) is 6.19. The van der Waals surface area contributed by atoms with E-state index in [0.29, 0.717) is 12.5 Å². The second-order valence-electron chi connectivity index (χ2n) is 8.19. The molecule has 0 atom stereocenters. The maximum atomic E-state index is 6.40. The Balaban J connectivity index is 1.26. The predicted octanol–water partition coefficient (Wildman–Crippen LogP) is 4.02. The molecule has 156 valence electrons. The Morgan fingerprint density at radius 2 is 1.97 bits per heavy atom. The number of likely N-dealkylation sites (tertiary alicyclic amines) is 1. The number of fused-ring (bicyclic) bond motifs is 2. The van der Waals surface area contributed by atoms with Gasteiger partial charge in [-0.3, -0.25) is 9.88 Å². The average molecular weight is 405 g/mol. The van der Waals surface area contributed by atoms with Crippen LogP contribution in [0, 0.1) is 6.92 Å². The fourth-order valence-electron chi connectivity index (χ4n) is 4.61. The second kappa shape index (κ2) is 8.20. The number of ether oxygens (including phenoxy) is 2. The zero-order valence-electron chi connectivity index (χ0n) is 17.3. The molecule has 4 heterocycles. The lowest BCUT2D eigenvalue weighted by atomic mass is 9.79. The van der Waals surface area contributed by atoms with E-state index < -0.39 is 0 Å². The van der Waals surface area contributed by atoms with Crippen molar-refractivity contribution < 1.29 is 13.9 Å². The minimum Gasteiger partial charge on any atom is -0.487 e. The van der Waals surface area contributed by atoms with Crippen molar-refractivity contribution in [2.45, 2.75) is 44.9 Å². The van der Waals surface area contributed by atoms with Gasteiger partial charge in [-0.15, -0.1) is 0 Å². The molecule has 30 heavy (non-hydrogen) atoms. The van der Waals surface area contributed by atoms with Gasteiger partial charge in [-0.1, -0.05) is 6.07 Å². The fourth-order valence-corrected chi connectivity index (χ4v) is 4.61. The molecule has 0 aliphatic carbocycles. The van der Waals surface area contributed by atoms with Gasteiger partial charge in [0.1, 0.15) is 24.3 Å². The van der Waals surface area contributed by atoms with Crippen LogP contribution in [0.4, 0.5) is 0 Å². The Morgan fingerprint density at radius 1 is 1.13 bits per heavy atom. The van der Waals surface area contributed by atoms with E-state index in [1.165, 1.54) is 16.7 Å². The van der Waals surface area contributed by atoms with Gasteiger partial charge < -0.3 is 13.9 Å². The zero-order chi connectivity index (χ0) is 20.4. The van der Waals surface area contributed by atoms with E-state index in [1.807, 2.05) is 19.3 Å². The Labute approximate surface area is 176 Å². The number of aryl methyl sites for hydroxylation is 1. The SMILES string of the molecule is Cc1nc(COc2ccc3c(c2)CCOC32CCN(Cc3ccncc3)CC2)co1. The number of pyridine rings is 1. The van der Waals surface area contributed by atoms with Gasteiger partial charge in [0, 0.05) is 39.0 Å². The molecule has 0 unspecified atom stereocenters. The molecule has 3 aromatic rings. The molecule has 5 rings (SSSR count). The highest BCUT2D eigenvalue weighted by atomic mass is 16.5. The summed E-state index contributed by atoms with van der Waals surface area (Å²) < 4.78 is 17.6. The fraction of sp³-hybridized carbons (Fsp3) is 0.417. The summed E-state index contributed by atoms with van der Waals surface area (Å²) in [6.45, 7) is 6.06. The van der Waals surface area contributed by atoms with Crippen molar-refractivity contribution in [2.75, 3.05) is 19.7 Å². The highest BCUT2D eigenvalue weighted by Gasteiger charge is 2.40. The first kappa shape index (κ1) is 19.3. The molecular weight excluding hydrogens is 378 g/mol. The van der Waals surface area contributed by atoms with Crippen molar-refractivity contribution in [1.29, 1.82) is 0 Å². The van der Waals surface area contributed by atoms with Gasteiger partial charge in [0.15, 0.2) is 5.89 Å². The minimum absolute atomic E-state index is 0.163. The number of rotatable bonds is 5. The molecule has 0 bridgehead atoms. The Kier molecular flexibility index (Phi) is 5.27. The van der Waals surface area contributed by atoms with Gasteiger partial charge in [0.25, 0.3) is 0 Å². The van der Waals surface area contributed by atoms with E-state index in [4.69, 9.17) is 13.9 Å². The summed E-state index contributed by atoms with van der Waals surface area (Å²) >= 11 is 0. The van der Waals surface area contributed by atoms with Crippen molar-refractivity contribution >= 4 is 0 Å². The molecule has 6 nitrogen and oxygen atoms in total. The highest BCUT2D eigenvalue weighted by molar-refractivity contribution is 5.41. The van der Waals surface area contributed by atoms with Crippen LogP contribution in [0.3, 0.4) is 0 Å². The maximum absolute atomic E-state index is 6.40. The zero-order valence-corrected chi connectivity index (χ0v) is 17.3. The van der Waals surface area contributed by atoms with Crippen molar-refractivity contribution in [3.63, 3.8) is 0 Å². The lowest BCUT2D eigenvalue weighted by Gasteiger charge is -2.45. The van der Waals surface area contributed by atoms with E-state index >= 15 is 0 Å². The van der Waals surface area contributed by atoms with Crippen molar-refractivity contribution in [3.8, 4) is 5.75 Å². The van der Waals surface area contributed by atoms with Crippen molar-refractivity contribution in [3.05, 3.63) is 77.3 Å². The normalized spacial score (nSPS) is 18.3. The lowest BCUT2D eigenvalue weighted by molar-refractivity contribution is -0.0989. The van der Waals surface area contributed by atoms with Gasteiger partial charge in [-0.25, -0.2) is 4.98 Å². The van der Waals surface area contributed by atoms with Crippen LogP contribution in [-0.2, 0) is 29.9 Å². The molecular formula is C24H27N3O3. The van der Waals surface area contributed by atoms with E-state index in [0.717, 1.165) is 56.9 Å². The van der Waals surface area contributed by atoms with E-state index in [9.17, 15) is 0 Å². The largest absolute Gasteiger partial charge is 0.487 e. The van der Waals surface area contributed by atoms with Crippen LogP contribution in [0.1, 0.15) is 41.1 Å². The van der Waals surface area contributed by atoms with E-state index in [2.05, 4.69) is 45.2 Å². The topological polar surface area (TPSA) is 60.6 Å². The molecule has 0 N–H and O–H groups in total. The second-order valence-corrected chi connectivity index (χ2v) is 8.19. The van der Waals surface area contributed by atoms with E-state index in [-0.39, 0.29) is 5.60 Å². The molecule has 0 radical (unpaired) electrons. The number of hydrogen-bond acceptors (Lipinski definition) is 6. The summed E-state index contributed by atoms with van der Waals surface area (Å²) in [6.07, 6.45) is 8.34. The minimum atomic E-state index is -0.163. The molecule has 1 fully saturated rings. The Hall–Kier alpha value is -2.70. The molecule has 1 spiro atoms. The number of nitrogens with zero attached hydrogens (tertiary/aromatic N) is 3. The summed E-state index contributed by atoms with van der Waals surface area (Å²) in [5, 5.41) is 0. The van der Waals surface area contributed by atoms with Gasteiger partial charge in [-0.2, -0.15) is 0 Å². The van der Waals surface area contributed by atoms with Gasteiger partial charge in [-0.05, 0) is 60.2 Å². The molecule has 2 aliphatic heterocycles. The van der Waals surface area contributed by atoms with Crippen molar-refractivity contribution in [2.24, 2.45) is 0 Å². The molecule has 0 saturated carbocycles. The Bertz CT molecular complexity index is 994. The molecule has 0 amide bonds. The summed E-state index contributed by atoms with van der Waals surface area (Å²) in [5.41, 5.74) is 4.64. The monoisotopic (exact) mass is 405 g/mol. The third-order valence-corrected chi connectivity index (χ3v) is 6.19. The first-order valence-electron chi connectivity index (χ1n) is 10.6. The molecule has 2 aromatic heterocycles. The number of oxazole rings is 1. The molecule has 1 aromatic carbocycles. The van der Waals surface area contributed by atoms with Crippen LogP contribution >= 0.6 is 0 Å². The molecule has 2 aliphatic rings. The number of benzene rings is 1. The highest BCUT2D eigenvalue weighted by Crippen LogP contribution is 2.42. The summed E-state index contributed by atoms with van der Waals surface area (Å²) in [5.74, 6) is 1.54. The van der Waals surface area contributed by atoms with Crippen LogP contribution < -0.4 is 4.74 Å². The molecule has 6 heteroatoms. The summed E-state index contributed by atoms with van der Waals surface area (Å²) in [6, 6.07) is 10.6. The van der Waals surface area contributed by atoms with Crippen LogP contribution in [0.25, 0.3) is 0 Å². The standard InChI is InChI=1S/C24H27N3O3/c1-18-26-21(16-28-18)17-29-22-2-3-23-20(14-22)6-13-30-24(23)7-11-27(12-8-24)15-19-4-9-25-10-5-19/h2-5,9-10,14,16H,6-8,11-13,15,17H2,1H3. The summed E-state index contributed by atoms with van der Waals surface area (Å²) in [4.78, 5) is 10.9. The van der Waals surface area contributed by atoms with Gasteiger partial charge >= 0.3 is 0 Å². The molecule has 1 saturated heterocycles. The third kappa shape index (κ3) is 3.98. The van der Waals surface area contributed by atoms with Crippen LogP contribution in [0.5, 0.6) is 5.75 Å². The first-order chi connectivity index (χ1) is 14.7. The quantitative estimate of drug-likeness (QED) is 0.639. The van der Waals surface area contributed by atoms with Crippen molar-refractivity contribution in [1.82, 2.24) is 14.9 Å². The Morgan fingerprint density at radius 3 is 2.73 bits per heavy atom. The maximum Gasteiger partial charge on any atom is 0.191 e. The number of piperidine rings is 1. The smallest absolute Gasteiger partial charge is 0.191 e. The first-order valence-corrected chi connectivity index (χ1v) is 10.6. The van der Waals surface area contributed by atoms with E-state index in [1.54, 1.807) is 6.26 Å². The van der Waals surface area contributed by atoms with Gasteiger partial charge in [0.05, 0.1) is 12.2 Å². The average Bonchev–Trinajstić information content (AvgIpc) is 3.20. The van der Waals surface area contributed by atoms with Crippen LogP contribution in [-0.4, -0.2) is 34.6 Å².